The molecule has 0 aromatic heterocycles. The molecule has 7 atom stereocenters. The van der Waals surface area contributed by atoms with Gasteiger partial charge in [-0.15, -0.1) is 11.6 Å². The van der Waals surface area contributed by atoms with E-state index in [1.807, 2.05) is 4.90 Å². The number of ether oxygens (including phenoxy) is 1. The topological polar surface area (TPSA) is 58.6 Å². The van der Waals surface area contributed by atoms with Gasteiger partial charge in [0, 0.05) is 36.9 Å². The minimum absolute atomic E-state index is 0.0112. The zero-order valence-electron chi connectivity index (χ0n) is 19.8. The van der Waals surface area contributed by atoms with E-state index in [1.54, 1.807) is 0 Å². The van der Waals surface area contributed by atoms with Gasteiger partial charge in [-0.2, -0.15) is 0 Å². The van der Waals surface area contributed by atoms with Crippen LogP contribution in [0.25, 0.3) is 0 Å². The molecule has 1 heterocycles. The summed E-state index contributed by atoms with van der Waals surface area (Å²) in [4.78, 5) is 27.4. The van der Waals surface area contributed by atoms with Crippen LogP contribution in [0.15, 0.2) is 0 Å². The average Bonchev–Trinajstić information content (AvgIpc) is 3.31. The molecule has 2 amide bonds. The van der Waals surface area contributed by atoms with Gasteiger partial charge in [0.2, 0.25) is 11.8 Å². The van der Waals surface area contributed by atoms with Gasteiger partial charge in [-0.25, -0.2) is 13.2 Å². The Labute approximate surface area is 205 Å². The summed E-state index contributed by atoms with van der Waals surface area (Å²) < 4.78 is 47.8. The summed E-state index contributed by atoms with van der Waals surface area (Å²) in [5.74, 6) is -0.664. The maximum atomic E-state index is 14.6. The molecule has 0 spiro atoms. The molecule has 194 valence electrons. The van der Waals surface area contributed by atoms with Crippen molar-refractivity contribution in [3.63, 3.8) is 0 Å². The Bertz CT molecular complexity index is 709. The number of nitrogens with one attached hydrogen (secondary N) is 1. The first-order valence-corrected chi connectivity index (χ1v) is 13.5. The lowest BCUT2D eigenvalue weighted by atomic mass is 9.79. The van der Waals surface area contributed by atoms with Crippen LogP contribution < -0.4 is 5.32 Å². The predicted molar refractivity (Wildman–Crippen MR) is 124 cm³/mol. The Hall–Kier alpha value is -1.02. The normalized spacial score (nSPS) is 41.3. The van der Waals surface area contributed by atoms with Crippen molar-refractivity contribution in [3.8, 4) is 0 Å². The minimum atomic E-state index is -1.10. The zero-order chi connectivity index (χ0) is 24.2. The largest absolute Gasteiger partial charge is 0.368 e. The highest BCUT2D eigenvalue weighted by Gasteiger charge is 2.43. The molecular weight excluding hydrogens is 469 g/mol. The van der Waals surface area contributed by atoms with E-state index < -0.39 is 29.8 Å². The van der Waals surface area contributed by atoms with Crippen molar-refractivity contribution in [1.82, 2.24) is 10.2 Å². The number of hydrogen-bond donors (Lipinski definition) is 1. The van der Waals surface area contributed by atoms with E-state index in [0.29, 0.717) is 45.1 Å². The second-order valence-electron chi connectivity index (χ2n) is 10.7. The number of likely N-dealkylation sites (tertiary alicyclic amines) is 1. The molecule has 9 heteroatoms. The third-order valence-corrected chi connectivity index (χ3v) is 8.85. The van der Waals surface area contributed by atoms with E-state index in [1.165, 1.54) is 0 Å². The molecule has 0 aromatic rings. The minimum Gasteiger partial charge on any atom is -0.368 e. The van der Waals surface area contributed by atoms with Gasteiger partial charge in [-0.3, -0.25) is 9.59 Å². The molecule has 1 N–H and O–H groups in total. The SMILES string of the molecule is O=C(COC1CCC(Cl)C(F)C1)NC1CCC(C(=O)N2CCC[C@@H]2C2CC(F)CCC2F)CC1. The Morgan fingerprint density at radius 2 is 1.68 bits per heavy atom. The summed E-state index contributed by atoms with van der Waals surface area (Å²) in [6.45, 7) is 0.531. The van der Waals surface area contributed by atoms with Gasteiger partial charge >= 0.3 is 0 Å². The fraction of sp³-hybridized carbons (Fsp3) is 0.920. The van der Waals surface area contributed by atoms with Crippen molar-refractivity contribution >= 4 is 23.4 Å². The Morgan fingerprint density at radius 3 is 2.41 bits per heavy atom. The molecule has 0 aromatic carbocycles. The van der Waals surface area contributed by atoms with Crippen LogP contribution in [0.2, 0.25) is 0 Å². The molecule has 0 bridgehead atoms. The second kappa shape index (κ2) is 11.8. The van der Waals surface area contributed by atoms with E-state index in [0.717, 1.165) is 12.8 Å². The van der Waals surface area contributed by atoms with Gasteiger partial charge in [0.1, 0.15) is 25.1 Å². The molecule has 4 rings (SSSR count). The molecule has 3 saturated carbocycles. The van der Waals surface area contributed by atoms with Crippen LogP contribution in [0.5, 0.6) is 0 Å². The monoisotopic (exact) mass is 506 g/mol. The number of hydrogen-bond acceptors (Lipinski definition) is 3. The van der Waals surface area contributed by atoms with Crippen LogP contribution >= 0.6 is 11.6 Å². The number of rotatable bonds is 6. The molecule has 1 saturated heterocycles. The van der Waals surface area contributed by atoms with Crippen LogP contribution in [0.4, 0.5) is 13.2 Å². The van der Waals surface area contributed by atoms with Crippen molar-refractivity contribution in [2.75, 3.05) is 13.2 Å². The summed E-state index contributed by atoms with van der Waals surface area (Å²) in [6, 6.07) is -0.198. The molecule has 4 fully saturated rings. The molecule has 6 unspecified atom stereocenters. The van der Waals surface area contributed by atoms with Gasteiger partial charge in [0.25, 0.3) is 0 Å². The second-order valence-corrected chi connectivity index (χ2v) is 11.3. The van der Waals surface area contributed by atoms with E-state index in [2.05, 4.69) is 5.32 Å². The quantitative estimate of drug-likeness (QED) is 0.534. The van der Waals surface area contributed by atoms with Crippen LogP contribution in [0.1, 0.15) is 77.0 Å². The number of halogens is 4. The molecule has 5 nitrogen and oxygen atoms in total. The Kier molecular flexibility index (Phi) is 9.05. The summed E-state index contributed by atoms with van der Waals surface area (Å²) >= 11 is 5.89. The number of carbonyl (C=O) groups excluding carboxylic acids is 2. The van der Waals surface area contributed by atoms with Crippen molar-refractivity contribution < 1.29 is 27.5 Å². The van der Waals surface area contributed by atoms with Crippen LogP contribution in [-0.4, -0.2) is 71.9 Å². The van der Waals surface area contributed by atoms with E-state index in [9.17, 15) is 22.8 Å². The third kappa shape index (κ3) is 6.40. The maximum absolute atomic E-state index is 14.6. The van der Waals surface area contributed by atoms with Crippen LogP contribution in [0, 0.1) is 11.8 Å². The van der Waals surface area contributed by atoms with Gasteiger partial charge in [0.15, 0.2) is 0 Å². The van der Waals surface area contributed by atoms with Crippen molar-refractivity contribution in [3.05, 3.63) is 0 Å². The van der Waals surface area contributed by atoms with Gasteiger partial charge < -0.3 is 15.0 Å². The summed E-state index contributed by atoms with van der Waals surface area (Å²) in [5, 5.41) is 2.51. The lowest BCUT2D eigenvalue weighted by Gasteiger charge is -2.39. The Balaban J connectivity index is 1.19. The number of amides is 2. The lowest BCUT2D eigenvalue weighted by Crippen LogP contribution is -2.49. The first kappa shape index (κ1) is 26.1. The molecule has 3 aliphatic carbocycles. The van der Waals surface area contributed by atoms with Crippen molar-refractivity contribution in [2.45, 2.75) is 119 Å². The Morgan fingerprint density at radius 1 is 0.912 bits per heavy atom. The van der Waals surface area contributed by atoms with E-state index in [4.69, 9.17) is 16.3 Å². The third-order valence-electron chi connectivity index (χ3n) is 8.36. The average molecular weight is 507 g/mol. The van der Waals surface area contributed by atoms with E-state index >= 15 is 0 Å². The standard InChI is InChI=1S/C25H38ClF3N2O3/c26-20-9-8-18(13-22(20)29)34-14-24(32)30-17-6-3-15(4-7-17)25(33)31-11-1-2-23(31)19-12-16(27)5-10-21(19)28/h15-23H,1-14H2,(H,30,32)/t15?,16?,17?,18?,19?,20?,21?,22?,23-/m1/s1. The first-order chi connectivity index (χ1) is 16.3. The highest BCUT2D eigenvalue weighted by molar-refractivity contribution is 6.21. The molecule has 34 heavy (non-hydrogen) atoms. The van der Waals surface area contributed by atoms with Gasteiger partial charge in [-0.1, -0.05) is 0 Å². The fourth-order valence-corrected chi connectivity index (χ4v) is 6.63. The molecule has 1 aliphatic heterocycles. The number of carbonyl (C=O) groups is 2. The van der Waals surface area contributed by atoms with Gasteiger partial charge in [-0.05, 0) is 70.6 Å². The highest BCUT2D eigenvalue weighted by atomic mass is 35.5. The van der Waals surface area contributed by atoms with E-state index in [-0.39, 0.29) is 68.2 Å². The molecular formula is C25H38ClF3N2O3. The summed E-state index contributed by atoms with van der Waals surface area (Å²) in [6.07, 6.45) is 3.15. The van der Waals surface area contributed by atoms with Crippen molar-refractivity contribution in [1.29, 1.82) is 0 Å². The smallest absolute Gasteiger partial charge is 0.246 e. The summed E-state index contributed by atoms with van der Waals surface area (Å²) in [5.41, 5.74) is 0. The lowest BCUT2D eigenvalue weighted by molar-refractivity contribution is -0.139. The van der Waals surface area contributed by atoms with Crippen LogP contribution in [-0.2, 0) is 14.3 Å². The van der Waals surface area contributed by atoms with Crippen molar-refractivity contribution in [2.24, 2.45) is 11.8 Å². The number of alkyl halides is 4. The van der Waals surface area contributed by atoms with Gasteiger partial charge in [0.05, 0.1) is 11.5 Å². The summed E-state index contributed by atoms with van der Waals surface area (Å²) in [7, 11) is 0. The van der Waals surface area contributed by atoms with Crippen LogP contribution in [0.3, 0.4) is 0 Å². The maximum Gasteiger partial charge on any atom is 0.246 e. The highest BCUT2D eigenvalue weighted by Crippen LogP contribution is 2.39. The molecule has 4 aliphatic rings. The fourth-order valence-electron chi connectivity index (χ4n) is 6.40. The zero-order valence-corrected chi connectivity index (χ0v) is 20.5. The predicted octanol–water partition coefficient (Wildman–Crippen LogP) is 4.64. The number of nitrogens with zero attached hydrogens (tertiary/aromatic N) is 1. The first-order valence-electron chi connectivity index (χ1n) is 13.1. The molecule has 0 radical (unpaired) electrons.